The predicted octanol–water partition coefficient (Wildman–Crippen LogP) is 2.07. The van der Waals surface area contributed by atoms with Crippen LogP contribution < -0.4 is 5.73 Å². The number of nitrogens with zero attached hydrogens (tertiary/aromatic N) is 3. The lowest BCUT2D eigenvalue weighted by Gasteiger charge is -2.31. The molecule has 3 rings (SSSR count). The molecule has 2 fully saturated rings. The summed E-state index contributed by atoms with van der Waals surface area (Å²) in [4.78, 5) is 9.25. The molecule has 2 aliphatic heterocycles. The summed E-state index contributed by atoms with van der Waals surface area (Å²) in [6.45, 7) is 9.77. The smallest absolute Gasteiger partial charge is 0.191 e. The molecule has 2 aliphatic rings. The highest BCUT2D eigenvalue weighted by Gasteiger charge is 2.17. The van der Waals surface area contributed by atoms with Gasteiger partial charge in [-0.05, 0) is 29.9 Å². The zero-order chi connectivity index (χ0) is 16.8. The fourth-order valence-corrected chi connectivity index (χ4v) is 3.44. The van der Waals surface area contributed by atoms with E-state index in [4.69, 9.17) is 10.5 Å². The van der Waals surface area contributed by atoms with Gasteiger partial charge >= 0.3 is 0 Å². The lowest BCUT2D eigenvalue weighted by atomic mass is 10.0. The van der Waals surface area contributed by atoms with E-state index in [2.05, 4.69) is 46.0 Å². The third-order valence-electron chi connectivity index (χ3n) is 4.94. The Morgan fingerprint density at radius 1 is 1.17 bits per heavy atom. The van der Waals surface area contributed by atoms with Crippen molar-refractivity contribution in [3.63, 3.8) is 0 Å². The summed E-state index contributed by atoms with van der Waals surface area (Å²) in [5.41, 5.74) is 8.74. The summed E-state index contributed by atoms with van der Waals surface area (Å²) in [7, 11) is 0. The standard InChI is InChI=1S/C19H30N4O/c1-16-3-2-8-23(14-16)19(20)21-13-17-4-6-18(7-5-17)15-22-9-11-24-12-10-22/h4-7,16H,2-3,8-15H2,1H3,(H2,20,21). The summed E-state index contributed by atoms with van der Waals surface area (Å²) >= 11 is 0. The highest BCUT2D eigenvalue weighted by Crippen LogP contribution is 2.15. The Bertz CT molecular complexity index is 537. The topological polar surface area (TPSA) is 54.1 Å². The monoisotopic (exact) mass is 330 g/mol. The van der Waals surface area contributed by atoms with Crippen LogP contribution in [0, 0.1) is 5.92 Å². The first-order valence-corrected chi connectivity index (χ1v) is 9.13. The van der Waals surface area contributed by atoms with Gasteiger partial charge in [-0.15, -0.1) is 0 Å². The molecule has 24 heavy (non-hydrogen) atoms. The molecule has 0 radical (unpaired) electrons. The van der Waals surface area contributed by atoms with Crippen LogP contribution in [0.3, 0.4) is 0 Å². The van der Waals surface area contributed by atoms with Crippen LogP contribution in [-0.2, 0) is 17.8 Å². The number of hydrogen-bond acceptors (Lipinski definition) is 3. The number of ether oxygens (including phenoxy) is 1. The molecule has 0 saturated carbocycles. The molecular weight excluding hydrogens is 300 g/mol. The zero-order valence-electron chi connectivity index (χ0n) is 14.8. The van der Waals surface area contributed by atoms with Crippen LogP contribution in [-0.4, -0.2) is 55.2 Å². The fraction of sp³-hybridized carbons (Fsp3) is 0.632. The molecule has 1 aromatic carbocycles. The summed E-state index contributed by atoms with van der Waals surface area (Å²) in [6, 6.07) is 8.76. The first-order chi connectivity index (χ1) is 11.7. The lowest BCUT2D eigenvalue weighted by molar-refractivity contribution is 0.0342. The van der Waals surface area contributed by atoms with Crippen LogP contribution in [0.4, 0.5) is 0 Å². The van der Waals surface area contributed by atoms with Crippen LogP contribution in [0.15, 0.2) is 29.3 Å². The molecular formula is C19H30N4O. The summed E-state index contributed by atoms with van der Waals surface area (Å²) in [6.07, 6.45) is 2.52. The van der Waals surface area contributed by atoms with E-state index in [1.807, 2.05) is 0 Å². The molecule has 2 saturated heterocycles. The van der Waals surface area contributed by atoms with Crippen molar-refractivity contribution in [3.05, 3.63) is 35.4 Å². The van der Waals surface area contributed by atoms with E-state index in [-0.39, 0.29) is 0 Å². The average Bonchev–Trinajstić information content (AvgIpc) is 2.62. The number of guanidine groups is 1. The average molecular weight is 330 g/mol. The van der Waals surface area contributed by atoms with E-state index in [1.165, 1.54) is 24.0 Å². The Labute approximate surface area is 145 Å². The molecule has 0 aromatic heterocycles. The number of likely N-dealkylation sites (tertiary alicyclic amines) is 1. The van der Waals surface area contributed by atoms with Crippen LogP contribution in [0.2, 0.25) is 0 Å². The van der Waals surface area contributed by atoms with Crippen molar-refractivity contribution < 1.29 is 4.74 Å². The summed E-state index contributed by atoms with van der Waals surface area (Å²) < 4.78 is 5.40. The van der Waals surface area contributed by atoms with E-state index in [9.17, 15) is 0 Å². The van der Waals surface area contributed by atoms with Gasteiger partial charge in [0.2, 0.25) is 0 Å². The maximum atomic E-state index is 6.17. The van der Waals surface area contributed by atoms with Crippen LogP contribution in [0.25, 0.3) is 0 Å². The van der Waals surface area contributed by atoms with Crippen molar-refractivity contribution in [2.45, 2.75) is 32.9 Å². The van der Waals surface area contributed by atoms with Gasteiger partial charge in [0.1, 0.15) is 0 Å². The molecule has 2 heterocycles. The van der Waals surface area contributed by atoms with Crippen LogP contribution in [0.5, 0.6) is 0 Å². The van der Waals surface area contributed by atoms with Gasteiger partial charge < -0.3 is 15.4 Å². The van der Waals surface area contributed by atoms with Crippen molar-refractivity contribution in [1.29, 1.82) is 0 Å². The van der Waals surface area contributed by atoms with E-state index in [0.29, 0.717) is 18.4 Å². The second-order valence-electron chi connectivity index (χ2n) is 7.07. The van der Waals surface area contributed by atoms with Crippen molar-refractivity contribution >= 4 is 5.96 Å². The SMILES string of the molecule is CC1CCCN(C(N)=NCc2ccc(CN3CCOCC3)cc2)C1. The second kappa shape index (κ2) is 8.49. The van der Waals surface area contributed by atoms with Gasteiger partial charge in [0, 0.05) is 32.7 Å². The van der Waals surface area contributed by atoms with Gasteiger partial charge in [0.25, 0.3) is 0 Å². The fourth-order valence-electron chi connectivity index (χ4n) is 3.44. The predicted molar refractivity (Wildman–Crippen MR) is 97.8 cm³/mol. The third-order valence-corrected chi connectivity index (χ3v) is 4.94. The number of rotatable bonds is 4. The van der Waals surface area contributed by atoms with E-state index in [0.717, 1.165) is 45.9 Å². The Kier molecular flexibility index (Phi) is 6.10. The second-order valence-corrected chi connectivity index (χ2v) is 7.07. The van der Waals surface area contributed by atoms with Crippen molar-refractivity contribution in [2.24, 2.45) is 16.6 Å². The van der Waals surface area contributed by atoms with Crippen molar-refractivity contribution in [1.82, 2.24) is 9.80 Å². The molecule has 1 aromatic rings. The van der Waals surface area contributed by atoms with Crippen LogP contribution >= 0.6 is 0 Å². The van der Waals surface area contributed by atoms with Gasteiger partial charge in [-0.2, -0.15) is 0 Å². The van der Waals surface area contributed by atoms with Crippen LogP contribution in [0.1, 0.15) is 30.9 Å². The maximum Gasteiger partial charge on any atom is 0.191 e. The Morgan fingerprint density at radius 2 is 1.88 bits per heavy atom. The Balaban J connectivity index is 1.50. The molecule has 1 atom stereocenters. The van der Waals surface area contributed by atoms with Gasteiger partial charge in [-0.25, -0.2) is 4.99 Å². The highest BCUT2D eigenvalue weighted by molar-refractivity contribution is 5.78. The van der Waals surface area contributed by atoms with Gasteiger partial charge in [-0.3, -0.25) is 4.90 Å². The normalized spacial score (nSPS) is 23.5. The van der Waals surface area contributed by atoms with E-state index >= 15 is 0 Å². The molecule has 0 spiro atoms. The zero-order valence-corrected chi connectivity index (χ0v) is 14.8. The minimum absolute atomic E-state index is 0.661. The molecule has 2 N–H and O–H groups in total. The number of piperidine rings is 1. The Hall–Kier alpha value is -1.59. The number of morpholine rings is 1. The maximum absolute atomic E-state index is 6.17. The molecule has 0 amide bonds. The number of nitrogens with two attached hydrogens (primary N) is 1. The minimum atomic E-state index is 0.661. The summed E-state index contributed by atoms with van der Waals surface area (Å²) in [5.74, 6) is 1.41. The number of aliphatic imine (C=N–C) groups is 1. The molecule has 0 aliphatic carbocycles. The molecule has 132 valence electrons. The van der Waals surface area contributed by atoms with Gasteiger partial charge in [0.05, 0.1) is 19.8 Å². The molecule has 5 heteroatoms. The van der Waals surface area contributed by atoms with Gasteiger partial charge in [-0.1, -0.05) is 31.2 Å². The van der Waals surface area contributed by atoms with Gasteiger partial charge in [0.15, 0.2) is 5.96 Å². The molecule has 5 nitrogen and oxygen atoms in total. The summed E-state index contributed by atoms with van der Waals surface area (Å²) in [5, 5.41) is 0. The highest BCUT2D eigenvalue weighted by atomic mass is 16.5. The Morgan fingerprint density at radius 3 is 2.58 bits per heavy atom. The molecule has 1 unspecified atom stereocenters. The largest absolute Gasteiger partial charge is 0.379 e. The van der Waals surface area contributed by atoms with E-state index < -0.39 is 0 Å². The first-order valence-electron chi connectivity index (χ1n) is 9.13. The number of benzene rings is 1. The third kappa shape index (κ3) is 4.95. The first kappa shape index (κ1) is 17.2. The molecule has 0 bridgehead atoms. The lowest BCUT2D eigenvalue weighted by Crippen LogP contribution is -2.43. The number of hydrogen-bond donors (Lipinski definition) is 1. The van der Waals surface area contributed by atoms with Crippen molar-refractivity contribution in [2.75, 3.05) is 39.4 Å². The minimum Gasteiger partial charge on any atom is -0.379 e. The van der Waals surface area contributed by atoms with Crippen molar-refractivity contribution in [3.8, 4) is 0 Å². The van der Waals surface area contributed by atoms with E-state index in [1.54, 1.807) is 0 Å². The quantitative estimate of drug-likeness (QED) is 0.678.